The topological polar surface area (TPSA) is 107 Å². The molecule has 0 radical (unpaired) electrons. The summed E-state index contributed by atoms with van der Waals surface area (Å²) in [6.07, 6.45) is 15.7. The van der Waals surface area contributed by atoms with Crippen LogP contribution < -0.4 is 14.9 Å². The number of hydrazine groups is 1. The number of aliphatic hydroxyl groups is 1. The first-order chi connectivity index (χ1) is 35.2. The van der Waals surface area contributed by atoms with E-state index in [1.54, 1.807) is 14.2 Å². The first-order valence-electron chi connectivity index (χ1n) is 28.0. The van der Waals surface area contributed by atoms with E-state index >= 15 is 0 Å². The van der Waals surface area contributed by atoms with Gasteiger partial charge in [-0.2, -0.15) is 0 Å². The molecule has 0 aliphatic heterocycles. The number of allylic oxidation sites excluding steroid dienone is 1. The summed E-state index contributed by atoms with van der Waals surface area (Å²) in [5.74, 6) is 5.54. The number of ether oxygens (including phenoxy) is 4. The van der Waals surface area contributed by atoms with Crippen LogP contribution >= 0.6 is 0 Å². The molecule has 4 aromatic carbocycles. The zero-order valence-corrected chi connectivity index (χ0v) is 45.3. The molecule has 2 amide bonds. The van der Waals surface area contributed by atoms with Crippen molar-refractivity contribution >= 4 is 12.0 Å². The number of nitrogens with zero attached hydrogens (tertiary/aromatic N) is 1. The van der Waals surface area contributed by atoms with E-state index in [2.05, 4.69) is 53.0 Å². The van der Waals surface area contributed by atoms with Crippen LogP contribution in [0.25, 0.3) is 0 Å². The van der Waals surface area contributed by atoms with Gasteiger partial charge >= 0.3 is 6.09 Å². The molecule has 0 aromatic heterocycles. The molecule has 4 aliphatic carbocycles. The van der Waals surface area contributed by atoms with Crippen LogP contribution in [0.15, 0.2) is 121 Å². The van der Waals surface area contributed by atoms with E-state index in [-0.39, 0.29) is 30.5 Å². The number of unbranched alkanes of at least 4 members (excludes halogenated alkanes) is 2. The zero-order chi connectivity index (χ0) is 51.8. The number of hydrogen-bond acceptors (Lipinski definition) is 7. The Hall–Kier alpha value is -5.12. The van der Waals surface area contributed by atoms with Gasteiger partial charge in [-0.15, -0.1) is 0 Å². The minimum atomic E-state index is -1.26. The van der Waals surface area contributed by atoms with Crippen LogP contribution in [0.4, 0.5) is 4.79 Å². The molecule has 4 aliphatic rings. The zero-order valence-electron chi connectivity index (χ0n) is 45.3. The molecule has 10 atom stereocenters. The van der Waals surface area contributed by atoms with Gasteiger partial charge in [0.2, 0.25) is 5.91 Å². The highest BCUT2D eigenvalue weighted by Crippen LogP contribution is 2.67. The Morgan fingerprint density at radius 2 is 1.38 bits per heavy atom. The van der Waals surface area contributed by atoms with Crippen molar-refractivity contribution in [3.05, 3.63) is 143 Å². The van der Waals surface area contributed by atoms with E-state index < -0.39 is 23.8 Å². The van der Waals surface area contributed by atoms with Crippen molar-refractivity contribution < 1.29 is 33.6 Å². The third-order valence-electron chi connectivity index (χ3n) is 18.5. The molecule has 8 rings (SSSR count). The second-order valence-electron chi connectivity index (χ2n) is 23.1. The normalized spacial score (nSPS) is 25.8. The molecule has 394 valence electrons. The molecule has 9 nitrogen and oxygen atoms in total. The fourth-order valence-electron chi connectivity index (χ4n) is 14.5. The average molecular weight is 995 g/mol. The number of rotatable bonds is 21. The second kappa shape index (κ2) is 24.0. The van der Waals surface area contributed by atoms with Crippen LogP contribution in [0.2, 0.25) is 0 Å². The molecular weight excluding hydrogens is 909 g/mol. The Balaban J connectivity index is 1.06. The molecule has 0 spiro atoms. The van der Waals surface area contributed by atoms with Crippen LogP contribution in [0.5, 0.6) is 11.5 Å². The van der Waals surface area contributed by atoms with Crippen LogP contribution in [0, 0.1) is 46.3 Å². The third-order valence-corrected chi connectivity index (χ3v) is 18.5. The Morgan fingerprint density at radius 1 is 0.753 bits per heavy atom. The largest absolute Gasteiger partial charge is 0.497 e. The maximum absolute atomic E-state index is 14.7. The van der Waals surface area contributed by atoms with Gasteiger partial charge in [0.15, 0.2) is 0 Å². The Kier molecular flexibility index (Phi) is 17.8. The smallest absolute Gasteiger partial charge is 0.426 e. The minimum absolute atomic E-state index is 0.0874. The highest BCUT2D eigenvalue weighted by atomic mass is 16.6. The lowest BCUT2D eigenvalue weighted by Gasteiger charge is -2.58. The minimum Gasteiger partial charge on any atom is -0.497 e. The second-order valence-corrected chi connectivity index (χ2v) is 23.1. The lowest BCUT2D eigenvalue weighted by atomic mass is 9.47. The number of carbonyl (C=O) groups is 2. The van der Waals surface area contributed by atoms with E-state index in [9.17, 15) is 14.7 Å². The number of methoxy groups -OCH3 is 2. The number of fused-ring (bicyclic) bond motifs is 5. The number of amides is 2. The molecule has 73 heavy (non-hydrogen) atoms. The Bertz CT molecular complexity index is 2380. The van der Waals surface area contributed by atoms with Gasteiger partial charge in [-0.1, -0.05) is 170 Å². The van der Waals surface area contributed by atoms with E-state index in [4.69, 9.17) is 18.9 Å². The molecule has 0 bridgehead atoms. The van der Waals surface area contributed by atoms with Crippen LogP contribution in [0.1, 0.15) is 166 Å². The summed E-state index contributed by atoms with van der Waals surface area (Å²) in [7, 11) is 3.27. The molecule has 4 aromatic rings. The van der Waals surface area contributed by atoms with Gasteiger partial charge in [0.05, 0.1) is 20.8 Å². The van der Waals surface area contributed by atoms with Crippen molar-refractivity contribution in [2.45, 2.75) is 162 Å². The number of aliphatic hydroxyl groups excluding tert-OH is 1. The van der Waals surface area contributed by atoms with Crippen LogP contribution in [-0.4, -0.2) is 55.1 Å². The standard InChI is InChI=1S/C64H86N2O7/c1-9-10-13-25-59(67)66(65-61(69)73-53-38-40-62(5)50(42-53)30-35-54-56-37-36-55(45(4)20-18-19-44(2)3)63(56,6)41-39-57(54)62)58(60(68)46-21-14-11-15-22-46)43-72-64(47-23-16-12-17-24-47,48-26-31-51(70-7)32-27-48)49-28-33-52(71-8)34-29-49/h11-12,14-17,21-24,26-34,44-45,53-58,60,68H,9-10,13,18-20,25,35-43H2,1-8H3,(H,65,69)/t45-,53?,54?,55-,56?,57?,58+,60+,62+,63-/m1/s1. The lowest BCUT2D eigenvalue weighted by Crippen LogP contribution is -2.57. The predicted octanol–water partition coefficient (Wildman–Crippen LogP) is 14.6. The van der Waals surface area contributed by atoms with Gasteiger partial charge in [-0.3, -0.25) is 4.79 Å². The summed E-state index contributed by atoms with van der Waals surface area (Å²) >= 11 is 0. The van der Waals surface area contributed by atoms with Crippen LogP contribution in [0.3, 0.4) is 0 Å². The Morgan fingerprint density at radius 3 is 2.00 bits per heavy atom. The van der Waals surface area contributed by atoms with Crippen LogP contribution in [-0.2, 0) is 19.9 Å². The number of nitrogens with one attached hydrogen (secondary N) is 1. The van der Waals surface area contributed by atoms with Gasteiger partial charge in [-0.25, -0.2) is 15.2 Å². The maximum atomic E-state index is 14.7. The maximum Gasteiger partial charge on any atom is 0.426 e. The van der Waals surface area contributed by atoms with Gasteiger partial charge in [-0.05, 0) is 144 Å². The fourth-order valence-corrected chi connectivity index (χ4v) is 14.5. The monoisotopic (exact) mass is 995 g/mol. The van der Waals surface area contributed by atoms with Crippen molar-refractivity contribution in [3.63, 3.8) is 0 Å². The summed E-state index contributed by atoms with van der Waals surface area (Å²) in [6.45, 7) is 14.3. The quantitative estimate of drug-likeness (QED) is 0.0371. The molecule has 3 fully saturated rings. The van der Waals surface area contributed by atoms with Crippen molar-refractivity contribution in [1.82, 2.24) is 10.4 Å². The highest BCUT2D eigenvalue weighted by molar-refractivity contribution is 5.79. The lowest BCUT2D eigenvalue weighted by molar-refractivity contribution is -0.146. The summed E-state index contributed by atoms with van der Waals surface area (Å²) in [5, 5.41) is 13.9. The van der Waals surface area contributed by atoms with E-state index in [1.807, 2.05) is 109 Å². The number of benzene rings is 4. The SMILES string of the molecule is CCCCCC(=O)N(NC(=O)OC1CC[C@@]2(C)C(=CCC3C2CC[C@@]2(C)C3CC[C@@H]2[C@H](C)CCCC(C)C)C1)[C@@H](COC(c1ccccc1)(c1ccc(OC)cc1)c1ccc(OC)cc1)[C@@H](O)c1ccccc1. The van der Waals surface area contributed by atoms with Gasteiger partial charge in [0, 0.05) is 12.8 Å². The molecular formula is C64H86N2O7. The number of hydrogen-bond donors (Lipinski definition) is 2. The molecule has 0 saturated heterocycles. The van der Waals surface area contributed by atoms with Crippen molar-refractivity contribution in [2.24, 2.45) is 46.3 Å². The number of carbonyl (C=O) groups excluding carboxylic acids is 2. The average Bonchev–Trinajstić information content (AvgIpc) is 3.77. The fraction of sp³-hybridized carbons (Fsp3) is 0.562. The molecule has 2 N–H and O–H groups in total. The summed E-state index contributed by atoms with van der Waals surface area (Å²) in [5.41, 5.74) is 6.65. The summed E-state index contributed by atoms with van der Waals surface area (Å²) in [6, 6.07) is 33.7. The first-order valence-corrected chi connectivity index (χ1v) is 28.0. The molecule has 0 heterocycles. The molecule has 4 unspecified atom stereocenters. The predicted molar refractivity (Wildman–Crippen MR) is 291 cm³/mol. The van der Waals surface area contributed by atoms with Gasteiger partial charge < -0.3 is 24.1 Å². The van der Waals surface area contributed by atoms with Crippen molar-refractivity contribution in [1.29, 1.82) is 0 Å². The summed E-state index contributed by atoms with van der Waals surface area (Å²) < 4.78 is 25.0. The highest BCUT2D eigenvalue weighted by Gasteiger charge is 2.59. The van der Waals surface area contributed by atoms with Crippen molar-refractivity contribution in [3.8, 4) is 11.5 Å². The molecule has 9 heteroatoms. The van der Waals surface area contributed by atoms with E-state index in [1.165, 1.54) is 55.5 Å². The van der Waals surface area contributed by atoms with Crippen molar-refractivity contribution in [2.75, 3.05) is 20.8 Å². The molecule has 3 saturated carbocycles. The third kappa shape index (κ3) is 11.6. The summed E-state index contributed by atoms with van der Waals surface area (Å²) in [4.78, 5) is 29.3. The van der Waals surface area contributed by atoms with E-state index in [0.717, 1.165) is 72.5 Å². The van der Waals surface area contributed by atoms with E-state index in [0.29, 0.717) is 47.2 Å². The Labute approximate surface area is 437 Å². The first kappa shape index (κ1) is 54.2. The van der Waals surface area contributed by atoms with Gasteiger partial charge in [0.1, 0.15) is 35.3 Å². The van der Waals surface area contributed by atoms with Gasteiger partial charge in [0.25, 0.3) is 0 Å².